The zero-order valence-corrected chi connectivity index (χ0v) is 23.1. The Balaban J connectivity index is 1.19. The summed E-state index contributed by atoms with van der Waals surface area (Å²) in [5.41, 5.74) is 7.50. The molecule has 0 aromatic carbocycles. The molecule has 1 N–H and O–H groups in total. The summed E-state index contributed by atoms with van der Waals surface area (Å²) in [5.74, 6) is 0.345. The second-order valence-electron chi connectivity index (χ2n) is 12.2. The van der Waals surface area contributed by atoms with Gasteiger partial charge >= 0.3 is 0 Å². The average Bonchev–Trinajstić information content (AvgIpc) is 3.42. The van der Waals surface area contributed by atoms with E-state index in [1.165, 1.54) is 36.2 Å². The third-order valence-electron chi connectivity index (χ3n) is 9.82. The van der Waals surface area contributed by atoms with Crippen molar-refractivity contribution in [2.24, 2.45) is 18.4 Å². The third kappa shape index (κ3) is 4.12. The molecule has 3 aromatic rings. The lowest BCUT2D eigenvalue weighted by atomic mass is 9.57. The molecule has 8 heteroatoms. The van der Waals surface area contributed by atoms with Crippen LogP contribution in [-0.4, -0.2) is 42.5 Å². The molecule has 2 bridgehead atoms. The van der Waals surface area contributed by atoms with Crippen molar-refractivity contribution in [2.45, 2.75) is 97.7 Å². The highest BCUT2D eigenvalue weighted by molar-refractivity contribution is 5.89. The van der Waals surface area contributed by atoms with E-state index in [1.807, 2.05) is 24.9 Å². The molecule has 3 saturated carbocycles. The van der Waals surface area contributed by atoms with Gasteiger partial charge in [-0.15, -0.1) is 0 Å². The van der Waals surface area contributed by atoms with Gasteiger partial charge in [0.1, 0.15) is 0 Å². The van der Waals surface area contributed by atoms with Gasteiger partial charge in [-0.2, -0.15) is 10.2 Å². The van der Waals surface area contributed by atoms with E-state index in [0.29, 0.717) is 5.41 Å². The summed E-state index contributed by atoms with van der Waals surface area (Å²) in [6.07, 6.45) is 10.7. The van der Waals surface area contributed by atoms with Crippen molar-refractivity contribution in [1.82, 2.24) is 29.9 Å². The largest absolute Gasteiger partial charge is 0.366 e. The van der Waals surface area contributed by atoms with Crippen molar-refractivity contribution in [3.63, 3.8) is 0 Å². The van der Waals surface area contributed by atoms with Crippen molar-refractivity contribution in [2.75, 3.05) is 11.4 Å². The van der Waals surface area contributed by atoms with Gasteiger partial charge in [0.2, 0.25) is 5.91 Å². The second-order valence-corrected chi connectivity index (χ2v) is 12.2. The fourth-order valence-electron chi connectivity index (χ4n) is 7.06. The molecule has 0 unspecified atom stereocenters. The van der Waals surface area contributed by atoms with E-state index in [2.05, 4.69) is 46.8 Å². The number of carbonyl (C=O) groups is 1. The number of aryl methyl sites for hydroxylation is 3. The van der Waals surface area contributed by atoms with Gasteiger partial charge in [-0.3, -0.25) is 14.2 Å². The van der Waals surface area contributed by atoms with Crippen LogP contribution in [0.15, 0.2) is 12.3 Å². The maximum atomic E-state index is 12.6. The Morgan fingerprint density at radius 1 is 1.16 bits per heavy atom. The van der Waals surface area contributed by atoms with E-state index < -0.39 is 0 Å². The van der Waals surface area contributed by atoms with Crippen molar-refractivity contribution >= 4 is 22.6 Å². The summed E-state index contributed by atoms with van der Waals surface area (Å²) in [5, 5.41) is 14.2. The standard InChI is InChI=1S/C29H41N7O/c1-6-19(2)27(37)32-29-11-8-28(9-12-29,10-13-29)18-36-24-7-14-35(17-23(24)21(4)33-36)25-15-20(3)31-26-22(25)16-30-34(26)5/h15-16,19H,6-14,17-18H2,1-5H3,(H,32,37)/t19-,28?,29?/m1/s1. The van der Waals surface area contributed by atoms with Crippen LogP contribution < -0.4 is 10.2 Å². The Hall–Kier alpha value is -2.90. The van der Waals surface area contributed by atoms with E-state index in [4.69, 9.17) is 10.1 Å². The summed E-state index contributed by atoms with van der Waals surface area (Å²) in [7, 11) is 1.96. The van der Waals surface area contributed by atoms with E-state index in [9.17, 15) is 4.79 Å². The van der Waals surface area contributed by atoms with Crippen LogP contribution in [0.5, 0.6) is 0 Å². The molecular weight excluding hydrogens is 462 g/mol. The first kappa shape index (κ1) is 24.4. The number of amides is 1. The minimum Gasteiger partial charge on any atom is -0.366 e. The molecule has 7 rings (SSSR count). The first-order valence-corrected chi connectivity index (χ1v) is 14.1. The molecule has 0 radical (unpaired) electrons. The van der Waals surface area contributed by atoms with Gasteiger partial charge in [0.25, 0.3) is 0 Å². The zero-order valence-electron chi connectivity index (χ0n) is 23.1. The quantitative estimate of drug-likeness (QED) is 0.532. The Morgan fingerprint density at radius 3 is 2.59 bits per heavy atom. The fraction of sp³-hybridized carbons (Fsp3) is 0.655. The number of hydrogen-bond donors (Lipinski definition) is 1. The molecule has 3 fully saturated rings. The molecule has 3 aromatic heterocycles. The van der Waals surface area contributed by atoms with Crippen LogP contribution in [0.1, 0.15) is 81.4 Å². The van der Waals surface area contributed by atoms with Gasteiger partial charge in [0.05, 0.1) is 23.0 Å². The smallest absolute Gasteiger partial charge is 0.223 e. The maximum absolute atomic E-state index is 12.6. The molecule has 198 valence electrons. The van der Waals surface area contributed by atoms with Gasteiger partial charge in [-0.05, 0) is 70.3 Å². The van der Waals surface area contributed by atoms with Crippen LogP contribution in [0.4, 0.5) is 5.69 Å². The lowest BCUT2D eigenvalue weighted by Gasteiger charge is -2.54. The van der Waals surface area contributed by atoms with Crippen LogP contribution >= 0.6 is 0 Å². The molecule has 8 nitrogen and oxygen atoms in total. The number of anilines is 1. The van der Waals surface area contributed by atoms with Gasteiger partial charge in [-0.1, -0.05) is 13.8 Å². The van der Waals surface area contributed by atoms with E-state index >= 15 is 0 Å². The summed E-state index contributed by atoms with van der Waals surface area (Å²) < 4.78 is 4.22. The first-order chi connectivity index (χ1) is 17.7. The molecule has 37 heavy (non-hydrogen) atoms. The Labute approximate surface area is 219 Å². The number of nitrogens with one attached hydrogen (secondary N) is 1. The molecule has 3 aliphatic carbocycles. The Morgan fingerprint density at radius 2 is 1.89 bits per heavy atom. The van der Waals surface area contributed by atoms with Crippen molar-refractivity contribution in [3.8, 4) is 0 Å². The molecule has 0 spiro atoms. The van der Waals surface area contributed by atoms with Crippen LogP contribution in [0.2, 0.25) is 0 Å². The van der Waals surface area contributed by atoms with E-state index in [1.54, 1.807) is 0 Å². The second kappa shape index (κ2) is 8.84. The Kier molecular flexibility index (Phi) is 5.84. The summed E-state index contributed by atoms with van der Waals surface area (Å²) in [6.45, 7) is 11.2. The lowest BCUT2D eigenvalue weighted by Crippen LogP contribution is -2.58. The van der Waals surface area contributed by atoms with Gasteiger partial charge in [0.15, 0.2) is 5.65 Å². The molecular formula is C29H41N7O. The average molecular weight is 504 g/mol. The highest BCUT2D eigenvalue weighted by Crippen LogP contribution is 2.53. The highest BCUT2D eigenvalue weighted by atomic mass is 16.2. The van der Waals surface area contributed by atoms with E-state index in [0.717, 1.165) is 74.2 Å². The topological polar surface area (TPSA) is 80.9 Å². The Bertz CT molecular complexity index is 1330. The lowest BCUT2D eigenvalue weighted by molar-refractivity contribution is -0.129. The first-order valence-electron chi connectivity index (χ1n) is 14.1. The van der Waals surface area contributed by atoms with Crippen LogP contribution in [0.3, 0.4) is 0 Å². The van der Waals surface area contributed by atoms with Gasteiger partial charge in [0, 0.05) is 61.5 Å². The number of pyridine rings is 1. The fourth-order valence-corrected chi connectivity index (χ4v) is 7.06. The van der Waals surface area contributed by atoms with E-state index in [-0.39, 0.29) is 17.4 Å². The molecule has 4 aliphatic rings. The minimum absolute atomic E-state index is 0.0303. The van der Waals surface area contributed by atoms with Crippen LogP contribution in [-0.2, 0) is 31.4 Å². The van der Waals surface area contributed by atoms with Crippen molar-refractivity contribution in [1.29, 1.82) is 0 Å². The molecule has 1 atom stereocenters. The molecule has 1 aliphatic heterocycles. The SMILES string of the molecule is CC[C@@H](C)C(=O)NC12CCC(Cn3nc(C)c4c3CCN(c3cc(C)nc5c3cnn5C)C4)(CC1)CC2. The summed E-state index contributed by atoms with van der Waals surface area (Å²) in [4.78, 5) is 19.8. The van der Waals surface area contributed by atoms with Crippen molar-refractivity contribution < 1.29 is 4.79 Å². The number of hydrogen-bond acceptors (Lipinski definition) is 5. The maximum Gasteiger partial charge on any atom is 0.223 e. The van der Waals surface area contributed by atoms with Crippen LogP contribution in [0.25, 0.3) is 11.0 Å². The summed E-state index contributed by atoms with van der Waals surface area (Å²) in [6, 6.07) is 2.20. The number of nitrogens with zero attached hydrogens (tertiary/aromatic N) is 6. The van der Waals surface area contributed by atoms with Crippen LogP contribution in [0, 0.1) is 25.2 Å². The third-order valence-corrected chi connectivity index (χ3v) is 9.82. The molecule has 4 heterocycles. The number of carbonyl (C=O) groups excluding carboxylic acids is 1. The highest BCUT2D eigenvalue weighted by Gasteiger charge is 2.50. The molecule has 0 saturated heterocycles. The minimum atomic E-state index is 0.0303. The van der Waals surface area contributed by atoms with Gasteiger partial charge < -0.3 is 10.2 Å². The summed E-state index contributed by atoms with van der Waals surface area (Å²) >= 11 is 0. The monoisotopic (exact) mass is 503 g/mol. The normalized spacial score (nSPS) is 25.9. The van der Waals surface area contributed by atoms with Gasteiger partial charge in [-0.25, -0.2) is 4.98 Å². The number of rotatable bonds is 6. The zero-order chi connectivity index (χ0) is 25.9. The predicted octanol–water partition coefficient (Wildman–Crippen LogP) is 4.60. The number of aromatic nitrogens is 5. The predicted molar refractivity (Wildman–Crippen MR) is 145 cm³/mol. The number of fused-ring (bicyclic) bond motifs is 5. The van der Waals surface area contributed by atoms with Crippen molar-refractivity contribution in [3.05, 3.63) is 34.9 Å². The molecule has 1 amide bonds.